The van der Waals surface area contributed by atoms with Gasteiger partial charge in [0.1, 0.15) is 0 Å². The molecule has 16 heavy (non-hydrogen) atoms. The lowest BCUT2D eigenvalue weighted by Crippen LogP contribution is -2.07. The molecule has 0 saturated carbocycles. The lowest BCUT2D eigenvalue weighted by Gasteiger charge is -2.18. The highest BCUT2D eigenvalue weighted by Crippen LogP contribution is 2.25. The Morgan fingerprint density at radius 1 is 1.31 bits per heavy atom. The second-order valence-corrected chi connectivity index (χ2v) is 4.93. The molecule has 0 heterocycles. The van der Waals surface area contributed by atoms with E-state index in [2.05, 4.69) is 32.6 Å². The van der Waals surface area contributed by atoms with Crippen LogP contribution in [0.4, 0.5) is 0 Å². The number of aliphatic hydroxyl groups excluding tert-OH is 1. The van der Waals surface area contributed by atoms with Crippen molar-refractivity contribution in [2.24, 2.45) is 5.92 Å². The van der Waals surface area contributed by atoms with Gasteiger partial charge >= 0.3 is 0 Å². The maximum absolute atomic E-state index is 9.17. The van der Waals surface area contributed by atoms with Crippen LogP contribution in [0, 0.1) is 5.92 Å². The molecule has 1 aliphatic carbocycles. The molecule has 0 fully saturated rings. The standard InChI is InChI=1S/C15H24O/c1-12-5-4-6-13(2)8-10-15(9-7-12)14(3)11-16/h5,8,15-16H,3-4,6-7,9-11H2,1-2H3/b12-5-,13-8-. The predicted molar refractivity (Wildman–Crippen MR) is 70.3 cm³/mol. The summed E-state index contributed by atoms with van der Waals surface area (Å²) in [7, 11) is 0. The Morgan fingerprint density at radius 2 is 2.00 bits per heavy atom. The minimum absolute atomic E-state index is 0.125. The lowest BCUT2D eigenvalue weighted by atomic mass is 9.88. The molecular weight excluding hydrogens is 196 g/mol. The van der Waals surface area contributed by atoms with Gasteiger partial charge in [-0.3, -0.25) is 0 Å². The number of aliphatic hydroxyl groups is 1. The molecule has 1 unspecified atom stereocenters. The molecule has 0 spiro atoms. The van der Waals surface area contributed by atoms with E-state index in [0.717, 1.165) is 31.3 Å². The first kappa shape index (κ1) is 13.2. The molecule has 1 rings (SSSR count). The Bertz CT molecular complexity index is 297. The van der Waals surface area contributed by atoms with Crippen molar-refractivity contribution in [3.8, 4) is 0 Å². The van der Waals surface area contributed by atoms with Crippen LogP contribution in [0.3, 0.4) is 0 Å². The zero-order chi connectivity index (χ0) is 12.0. The first-order chi connectivity index (χ1) is 7.63. The van der Waals surface area contributed by atoms with Crippen LogP contribution in [0.25, 0.3) is 0 Å². The predicted octanol–water partition coefficient (Wildman–Crippen LogP) is 4.01. The highest BCUT2D eigenvalue weighted by Gasteiger charge is 2.11. The van der Waals surface area contributed by atoms with Crippen molar-refractivity contribution in [1.29, 1.82) is 0 Å². The van der Waals surface area contributed by atoms with Crippen LogP contribution >= 0.6 is 0 Å². The van der Waals surface area contributed by atoms with E-state index >= 15 is 0 Å². The molecule has 0 aromatic rings. The normalized spacial score (nSPS) is 29.8. The molecule has 1 atom stereocenters. The number of hydrogen-bond donors (Lipinski definition) is 1. The Morgan fingerprint density at radius 3 is 2.69 bits per heavy atom. The highest BCUT2D eigenvalue weighted by molar-refractivity contribution is 5.11. The van der Waals surface area contributed by atoms with E-state index in [-0.39, 0.29) is 6.61 Å². The molecule has 1 heteroatoms. The molecule has 0 radical (unpaired) electrons. The molecular formula is C15H24O. The molecule has 0 aromatic carbocycles. The van der Waals surface area contributed by atoms with Gasteiger partial charge in [-0.1, -0.05) is 29.9 Å². The van der Waals surface area contributed by atoms with Gasteiger partial charge in [0.2, 0.25) is 0 Å². The summed E-state index contributed by atoms with van der Waals surface area (Å²) >= 11 is 0. The quantitative estimate of drug-likeness (QED) is 0.697. The molecule has 0 amide bonds. The van der Waals surface area contributed by atoms with Gasteiger partial charge < -0.3 is 5.11 Å². The van der Waals surface area contributed by atoms with E-state index in [4.69, 9.17) is 0 Å². The summed E-state index contributed by atoms with van der Waals surface area (Å²) in [5.74, 6) is 0.446. The van der Waals surface area contributed by atoms with Crippen molar-refractivity contribution in [3.63, 3.8) is 0 Å². The summed E-state index contributed by atoms with van der Waals surface area (Å²) in [6, 6.07) is 0. The van der Waals surface area contributed by atoms with Crippen molar-refractivity contribution in [2.45, 2.75) is 46.0 Å². The summed E-state index contributed by atoms with van der Waals surface area (Å²) in [5, 5.41) is 9.17. The van der Waals surface area contributed by atoms with E-state index < -0.39 is 0 Å². The maximum atomic E-state index is 9.17. The molecule has 0 aromatic heterocycles. The van der Waals surface area contributed by atoms with Gasteiger partial charge in [0.25, 0.3) is 0 Å². The van der Waals surface area contributed by atoms with Crippen LogP contribution in [-0.4, -0.2) is 11.7 Å². The fraction of sp³-hybridized carbons (Fsp3) is 0.600. The fourth-order valence-corrected chi connectivity index (χ4v) is 2.11. The average molecular weight is 220 g/mol. The first-order valence-corrected chi connectivity index (χ1v) is 6.23. The summed E-state index contributed by atoms with van der Waals surface area (Å²) in [6.07, 6.45) is 10.3. The van der Waals surface area contributed by atoms with E-state index in [9.17, 15) is 5.11 Å². The SMILES string of the molecule is C=C(CO)C1C/C=C(/C)CC/C=C(/C)CC1. The van der Waals surface area contributed by atoms with Crippen molar-refractivity contribution in [1.82, 2.24) is 0 Å². The van der Waals surface area contributed by atoms with Crippen molar-refractivity contribution in [2.75, 3.05) is 6.61 Å². The Hall–Kier alpha value is -0.820. The van der Waals surface area contributed by atoms with Crippen LogP contribution in [0.15, 0.2) is 35.5 Å². The maximum Gasteiger partial charge on any atom is 0.0641 e. The van der Waals surface area contributed by atoms with Crippen LogP contribution in [0.2, 0.25) is 0 Å². The molecule has 0 aliphatic heterocycles. The Balaban J connectivity index is 2.71. The summed E-state index contributed by atoms with van der Waals surface area (Å²) in [4.78, 5) is 0. The van der Waals surface area contributed by atoms with Crippen LogP contribution in [0.5, 0.6) is 0 Å². The zero-order valence-electron chi connectivity index (χ0n) is 10.6. The van der Waals surface area contributed by atoms with E-state index in [1.54, 1.807) is 0 Å². The smallest absolute Gasteiger partial charge is 0.0641 e. The van der Waals surface area contributed by atoms with Gasteiger partial charge in [0.05, 0.1) is 6.61 Å². The van der Waals surface area contributed by atoms with Gasteiger partial charge in [-0.15, -0.1) is 0 Å². The Labute approximate surface area is 99.6 Å². The number of rotatable bonds is 2. The topological polar surface area (TPSA) is 20.2 Å². The second-order valence-electron chi connectivity index (χ2n) is 4.93. The van der Waals surface area contributed by atoms with E-state index in [0.29, 0.717) is 5.92 Å². The molecule has 1 aliphatic rings. The molecule has 90 valence electrons. The third-order valence-corrected chi connectivity index (χ3v) is 3.45. The van der Waals surface area contributed by atoms with Gasteiger partial charge in [-0.25, -0.2) is 0 Å². The minimum atomic E-state index is 0.125. The van der Waals surface area contributed by atoms with Crippen molar-refractivity contribution in [3.05, 3.63) is 35.5 Å². The molecule has 1 nitrogen and oxygen atoms in total. The highest BCUT2D eigenvalue weighted by atomic mass is 16.3. The average Bonchev–Trinajstić information content (AvgIpc) is 2.28. The number of allylic oxidation sites excluding steroid dienone is 4. The van der Waals surface area contributed by atoms with Crippen LogP contribution in [-0.2, 0) is 0 Å². The zero-order valence-corrected chi connectivity index (χ0v) is 10.6. The fourth-order valence-electron chi connectivity index (χ4n) is 2.11. The summed E-state index contributed by atoms with van der Waals surface area (Å²) in [6.45, 7) is 8.51. The van der Waals surface area contributed by atoms with Gasteiger partial charge in [-0.2, -0.15) is 0 Å². The molecule has 0 bridgehead atoms. The summed E-state index contributed by atoms with van der Waals surface area (Å²) < 4.78 is 0. The van der Waals surface area contributed by atoms with Gasteiger partial charge in [-0.05, 0) is 57.4 Å². The van der Waals surface area contributed by atoms with Crippen molar-refractivity contribution >= 4 is 0 Å². The summed E-state index contributed by atoms with van der Waals surface area (Å²) in [5.41, 5.74) is 3.92. The first-order valence-electron chi connectivity index (χ1n) is 6.23. The molecule has 1 N–H and O–H groups in total. The van der Waals surface area contributed by atoms with Gasteiger partial charge in [0, 0.05) is 0 Å². The third-order valence-electron chi connectivity index (χ3n) is 3.45. The largest absolute Gasteiger partial charge is 0.392 e. The van der Waals surface area contributed by atoms with Crippen LogP contribution < -0.4 is 0 Å². The van der Waals surface area contributed by atoms with Gasteiger partial charge in [0.15, 0.2) is 0 Å². The monoisotopic (exact) mass is 220 g/mol. The van der Waals surface area contributed by atoms with E-state index in [1.807, 2.05) is 0 Å². The second kappa shape index (κ2) is 6.70. The third kappa shape index (κ3) is 4.36. The van der Waals surface area contributed by atoms with E-state index in [1.165, 1.54) is 17.6 Å². The van der Waals surface area contributed by atoms with Crippen LogP contribution in [0.1, 0.15) is 46.0 Å². The molecule has 0 saturated heterocycles. The van der Waals surface area contributed by atoms with Crippen molar-refractivity contribution < 1.29 is 5.11 Å². The Kier molecular flexibility index (Phi) is 5.54. The number of hydrogen-bond acceptors (Lipinski definition) is 1. The minimum Gasteiger partial charge on any atom is -0.392 e. The lowest BCUT2D eigenvalue weighted by molar-refractivity contribution is 0.311.